The highest BCUT2D eigenvalue weighted by molar-refractivity contribution is 6.31. The van der Waals surface area contributed by atoms with E-state index in [1.807, 2.05) is 0 Å². The summed E-state index contributed by atoms with van der Waals surface area (Å²) in [5.74, 6) is 0.383. The highest BCUT2D eigenvalue weighted by atomic mass is 35.5. The first kappa shape index (κ1) is 13.8. The zero-order valence-electron chi connectivity index (χ0n) is 10.7. The molecule has 1 aromatic carbocycles. The predicted molar refractivity (Wildman–Crippen MR) is 73.1 cm³/mol. The van der Waals surface area contributed by atoms with Crippen molar-refractivity contribution in [2.24, 2.45) is 11.7 Å². The summed E-state index contributed by atoms with van der Waals surface area (Å²) in [5.41, 5.74) is 6.52. The second kappa shape index (κ2) is 6.00. The first-order valence-electron chi connectivity index (χ1n) is 6.48. The van der Waals surface area contributed by atoms with Crippen molar-refractivity contribution in [3.05, 3.63) is 34.6 Å². The summed E-state index contributed by atoms with van der Waals surface area (Å²) >= 11 is 6.04. The van der Waals surface area contributed by atoms with Crippen LogP contribution in [0.25, 0.3) is 0 Å². The van der Waals surface area contributed by atoms with Gasteiger partial charge in [-0.2, -0.15) is 0 Å². The van der Waals surface area contributed by atoms with Crippen LogP contribution in [0.5, 0.6) is 0 Å². The lowest BCUT2D eigenvalue weighted by atomic mass is 9.91. The van der Waals surface area contributed by atoms with Crippen molar-refractivity contribution in [3.63, 3.8) is 0 Å². The first-order chi connectivity index (χ1) is 8.58. The van der Waals surface area contributed by atoms with E-state index in [1.165, 1.54) is 6.07 Å². The van der Waals surface area contributed by atoms with Crippen LogP contribution in [0, 0.1) is 11.7 Å². The van der Waals surface area contributed by atoms with Crippen molar-refractivity contribution >= 4 is 11.6 Å². The molecule has 2 N–H and O–H groups in total. The largest absolute Gasteiger partial charge is 0.328 e. The average Bonchev–Trinajstić information content (AvgIpc) is 2.34. The van der Waals surface area contributed by atoms with Crippen molar-refractivity contribution in [1.29, 1.82) is 0 Å². The average molecular weight is 271 g/mol. The Morgan fingerprint density at radius 1 is 1.44 bits per heavy atom. The molecule has 4 heteroatoms. The smallest absolute Gasteiger partial charge is 0.129 e. The van der Waals surface area contributed by atoms with E-state index in [-0.39, 0.29) is 11.9 Å². The minimum atomic E-state index is -0.211. The Morgan fingerprint density at radius 3 is 2.67 bits per heavy atom. The molecule has 0 bridgehead atoms. The fourth-order valence-electron chi connectivity index (χ4n) is 2.54. The van der Waals surface area contributed by atoms with Gasteiger partial charge in [-0.3, -0.25) is 4.90 Å². The monoisotopic (exact) mass is 270 g/mol. The lowest BCUT2D eigenvalue weighted by molar-refractivity contribution is 0.164. The molecule has 0 radical (unpaired) electrons. The van der Waals surface area contributed by atoms with E-state index in [0.29, 0.717) is 23.0 Å². The number of likely N-dealkylation sites (tertiary alicyclic amines) is 1. The molecule has 1 aliphatic rings. The van der Waals surface area contributed by atoms with Gasteiger partial charge in [-0.15, -0.1) is 0 Å². The van der Waals surface area contributed by atoms with E-state index >= 15 is 0 Å². The van der Waals surface area contributed by atoms with Crippen LogP contribution in [-0.4, -0.2) is 24.0 Å². The highest BCUT2D eigenvalue weighted by Gasteiger charge is 2.22. The first-order valence-corrected chi connectivity index (χ1v) is 6.86. The maximum absolute atomic E-state index is 13.7. The quantitative estimate of drug-likeness (QED) is 0.915. The normalized spacial score (nSPS) is 20.0. The Kier molecular flexibility index (Phi) is 4.60. The van der Waals surface area contributed by atoms with Crippen LogP contribution < -0.4 is 5.73 Å². The Morgan fingerprint density at radius 2 is 2.11 bits per heavy atom. The molecule has 2 nitrogen and oxygen atoms in total. The molecule has 2 rings (SSSR count). The summed E-state index contributed by atoms with van der Waals surface area (Å²) in [6.45, 7) is 4.60. The Balaban J connectivity index is 1.96. The van der Waals surface area contributed by atoms with Crippen LogP contribution in [0.15, 0.2) is 18.2 Å². The Bertz CT molecular complexity index is 381. The van der Waals surface area contributed by atoms with Gasteiger partial charge in [0.1, 0.15) is 5.82 Å². The number of piperidine rings is 1. The van der Waals surface area contributed by atoms with Gasteiger partial charge in [-0.25, -0.2) is 4.39 Å². The van der Waals surface area contributed by atoms with Gasteiger partial charge < -0.3 is 5.73 Å². The minimum Gasteiger partial charge on any atom is -0.328 e. The maximum Gasteiger partial charge on any atom is 0.129 e. The van der Waals surface area contributed by atoms with E-state index < -0.39 is 0 Å². The van der Waals surface area contributed by atoms with Crippen molar-refractivity contribution in [2.75, 3.05) is 13.1 Å². The van der Waals surface area contributed by atoms with E-state index in [4.69, 9.17) is 17.3 Å². The van der Waals surface area contributed by atoms with Crippen LogP contribution in [0.1, 0.15) is 25.3 Å². The minimum absolute atomic E-state index is 0.211. The van der Waals surface area contributed by atoms with Crippen LogP contribution in [-0.2, 0) is 6.54 Å². The number of benzene rings is 1. The molecule has 1 atom stereocenters. The van der Waals surface area contributed by atoms with E-state index in [9.17, 15) is 4.39 Å². The SMILES string of the molecule is CC(N)C1CCN(Cc2c(F)cccc2Cl)CC1. The summed E-state index contributed by atoms with van der Waals surface area (Å²) in [7, 11) is 0. The molecule has 1 unspecified atom stereocenters. The fourth-order valence-corrected chi connectivity index (χ4v) is 2.77. The van der Waals surface area contributed by atoms with Crippen molar-refractivity contribution in [1.82, 2.24) is 4.90 Å². The van der Waals surface area contributed by atoms with E-state index in [2.05, 4.69) is 11.8 Å². The molecule has 0 spiro atoms. The Labute approximate surface area is 113 Å². The van der Waals surface area contributed by atoms with Gasteiger partial charge in [0.2, 0.25) is 0 Å². The van der Waals surface area contributed by atoms with E-state index in [1.54, 1.807) is 12.1 Å². The van der Waals surface area contributed by atoms with Crippen LogP contribution in [0.2, 0.25) is 5.02 Å². The highest BCUT2D eigenvalue weighted by Crippen LogP contribution is 2.25. The van der Waals surface area contributed by atoms with Crippen LogP contribution >= 0.6 is 11.6 Å². The zero-order valence-corrected chi connectivity index (χ0v) is 11.5. The molecular formula is C14H20ClFN2. The van der Waals surface area contributed by atoms with Crippen LogP contribution in [0.3, 0.4) is 0 Å². The van der Waals surface area contributed by atoms with Crippen molar-refractivity contribution in [3.8, 4) is 0 Å². The molecule has 1 fully saturated rings. The summed E-state index contributed by atoms with van der Waals surface area (Å²) < 4.78 is 13.7. The molecule has 1 saturated heterocycles. The Hall–Kier alpha value is -0.640. The van der Waals surface area contributed by atoms with Gasteiger partial charge in [0.25, 0.3) is 0 Å². The fraction of sp³-hybridized carbons (Fsp3) is 0.571. The number of halogens is 2. The third kappa shape index (κ3) is 3.22. The molecule has 100 valence electrons. The molecule has 0 amide bonds. The van der Waals surface area contributed by atoms with Gasteiger partial charge in [-0.05, 0) is 50.9 Å². The molecular weight excluding hydrogens is 251 g/mol. The topological polar surface area (TPSA) is 29.3 Å². The molecule has 1 aliphatic heterocycles. The maximum atomic E-state index is 13.7. The predicted octanol–water partition coefficient (Wildman–Crippen LogP) is 3.04. The van der Waals surface area contributed by atoms with Gasteiger partial charge >= 0.3 is 0 Å². The second-order valence-electron chi connectivity index (χ2n) is 5.17. The number of hydrogen-bond acceptors (Lipinski definition) is 2. The summed E-state index contributed by atoms with van der Waals surface area (Å²) in [6.07, 6.45) is 2.17. The molecule has 1 aromatic rings. The molecule has 0 aliphatic carbocycles. The zero-order chi connectivity index (χ0) is 13.1. The third-order valence-electron chi connectivity index (χ3n) is 3.82. The molecule has 18 heavy (non-hydrogen) atoms. The molecule has 0 aromatic heterocycles. The lowest BCUT2D eigenvalue weighted by Gasteiger charge is -2.33. The number of rotatable bonds is 3. The number of nitrogens with two attached hydrogens (primary N) is 1. The van der Waals surface area contributed by atoms with Crippen LogP contribution in [0.4, 0.5) is 4.39 Å². The summed E-state index contributed by atoms with van der Waals surface area (Å²) in [4.78, 5) is 2.25. The van der Waals surface area contributed by atoms with Gasteiger partial charge in [-0.1, -0.05) is 17.7 Å². The summed E-state index contributed by atoms with van der Waals surface area (Å²) in [6, 6.07) is 5.11. The van der Waals surface area contributed by atoms with Gasteiger partial charge in [0, 0.05) is 23.2 Å². The lowest BCUT2D eigenvalue weighted by Crippen LogP contribution is -2.39. The number of nitrogens with zero attached hydrogens (tertiary/aromatic N) is 1. The number of hydrogen-bond donors (Lipinski definition) is 1. The van der Waals surface area contributed by atoms with E-state index in [0.717, 1.165) is 25.9 Å². The van der Waals surface area contributed by atoms with Crippen molar-refractivity contribution < 1.29 is 4.39 Å². The third-order valence-corrected chi connectivity index (χ3v) is 4.17. The van der Waals surface area contributed by atoms with Crippen molar-refractivity contribution in [2.45, 2.75) is 32.4 Å². The molecule has 0 saturated carbocycles. The second-order valence-corrected chi connectivity index (χ2v) is 5.58. The van der Waals surface area contributed by atoms with Gasteiger partial charge in [0.15, 0.2) is 0 Å². The van der Waals surface area contributed by atoms with Gasteiger partial charge in [0.05, 0.1) is 0 Å². The standard InChI is InChI=1S/C14H20ClFN2/c1-10(17)11-5-7-18(8-6-11)9-12-13(15)3-2-4-14(12)16/h2-4,10-11H,5-9,17H2,1H3. The summed E-state index contributed by atoms with van der Waals surface area (Å²) in [5, 5.41) is 0.518. The molecule has 1 heterocycles.